The standard InChI is InChI=1S/C33H35F3N6O3S/c1-21(2)28-19-27(44-4)15-16-29(28)41-17-18-46-32(41)39-31(43)38-22(3)5-6-23-7-9-24(10-8-23)30-37-20-42(40-30)25-11-13-26(14-12-25)45-33(34,35)36/h7-16,19-22H,5-6,17-18H2,1-4H3,(H,38,43)/b39-32+. The summed E-state index contributed by atoms with van der Waals surface area (Å²) in [5.41, 5.74) is 4.62. The Bertz CT molecular complexity index is 1670. The molecule has 13 heteroatoms. The predicted octanol–water partition coefficient (Wildman–Crippen LogP) is 7.61. The van der Waals surface area contributed by atoms with Crippen LogP contribution < -0.4 is 19.7 Å². The van der Waals surface area contributed by atoms with Gasteiger partial charge in [-0.3, -0.25) is 0 Å². The Labute approximate surface area is 269 Å². The number of aliphatic imine (C=N–C) groups is 1. The maximum absolute atomic E-state index is 12.9. The van der Waals surface area contributed by atoms with Gasteiger partial charge in [-0.1, -0.05) is 49.9 Å². The van der Waals surface area contributed by atoms with E-state index in [0.717, 1.165) is 53.3 Å². The van der Waals surface area contributed by atoms with Gasteiger partial charge in [0.15, 0.2) is 11.0 Å². The highest BCUT2D eigenvalue weighted by Gasteiger charge is 2.31. The zero-order valence-corrected chi connectivity index (χ0v) is 26.7. The number of alkyl halides is 3. The molecule has 1 saturated heterocycles. The first kappa shape index (κ1) is 32.9. The van der Waals surface area contributed by atoms with Crippen molar-refractivity contribution in [1.82, 2.24) is 20.1 Å². The average Bonchev–Trinajstić information content (AvgIpc) is 3.70. The van der Waals surface area contributed by atoms with E-state index in [-0.39, 0.29) is 23.7 Å². The summed E-state index contributed by atoms with van der Waals surface area (Å²) in [5, 5.41) is 8.14. The lowest BCUT2D eigenvalue weighted by Gasteiger charge is -2.23. The Kier molecular flexibility index (Phi) is 10.2. The molecular weight excluding hydrogens is 617 g/mol. The molecule has 4 aromatic rings. The van der Waals surface area contributed by atoms with Crippen molar-refractivity contribution in [2.45, 2.75) is 51.9 Å². The zero-order valence-electron chi connectivity index (χ0n) is 25.9. The number of ether oxygens (including phenoxy) is 2. The molecule has 46 heavy (non-hydrogen) atoms. The number of anilines is 1. The van der Waals surface area contributed by atoms with E-state index >= 15 is 0 Å². The summed E-state index contributed by atoms with van der Waals surface area (Å²) in [6, 6.07) is 18.8. The minimum atomic E-state index is -4.75. The Hall–Kier alpha value is -4.52. The van der Waals surface area contributed by atoms with Crippen molar-refractivity contribution in [2.24, 2.45) is 4.99 Å². The number of rotatable bonds is 10. The van der Waals surface area contributed by atoms with Crippen LogP contribution in [0.15, 0.2) is 78.0 Å². The van der Waals surface area contributed by atoms with Gasteiger partial charge in [-0.2, -0.15) is 4.99 Å². The summed E-state index contributed by atoms with van der Waals surface area (Å²) in [5.74, 6) is 2.11. The number of aromatic nitrogens is 3. The summed E-state index contributed by atoms with van der Waals surface area (Å²) >= 11 is 1.57. The quantitative estimate of drug-likeness (QED) is 0.189. The Morgan fingerprint density at radius 3 is 2.43 bits per heavy atom. The molecule has 242 valence electrons. The van der Waals surface area contributed by atoms with Gasteiger partial charge in [0.1, 0.15) is 17.8 Å². The van der Waals surface area contributed by atoms with Crippen LogP contribution in [0.3, 0.4) is 0 Å². The number of amides is 2. The van der Waals surface area contributed by atoms with Crippen molar-refractivity contribution in [3.63, 3.8) is 0 Å². The molecule has 0 spiro atoms. The second-order valence-corrected chi connectivity index (χ2v) is 12.2. The van der Waals surface area contributed by atoms with Gasteiger partial charge in [-0.15, -0.1) is 18.3 Å². The number of nitrogens with one attached hydrogen (secondary N) is 1. The Morgan fingerprint density at radius 1 is 1.04 bits per heavy atom. The third-order valence-corrected chi connectivity index (χ3v) is 8.35. The molecule has 1 unspecified atom stereocenters. The summed E-state index contributed by atoms with van der Waals surface area (Å²) in [7, 11) is 1.66. The number of carbonyl (C=O) groups is 1. The second-order valence-electron chi connectivity index (χ2n) is 11.1. The van der Waals surface area contributed by atoms with Gasteiger partial charge in [0.2, 0.25) is 0 Å². The number of hydrogen-bond donors (Lipinski definition) is 1. The van der Waals surface area contributed by atoms with Crippen LogP contribution in [0.25, 0.3) is 17.1 Å². The first-order valence-corrected chi connectivity index (χ1v) is 15.8. The third-order valence-electron chi connectivity index (χ3n) is 7.40. The maximum Gasteiger partial charge on any atom is 0.573 e. The van der Waals surface area contributed by atoms with Gasteiger partial charge in [-0.25, -0.2) is 14.5 Å². The summed E-state index contributed by atoms with van der Waals surface area (Å²) in [6.07, 6.45) is -1.77. The fourth-order valence-electron chi connectivity index (χ4n) is 5.01. The number of benzene rings is 3. The topological polar surface area (TPSA) is 93.9 Å². The number of nitrogens with zero attached hydrogens (tertiary/aromatic N) is 5. The number of hydrogen-bond acceptors (Lipinski definition) is 6. The van der Waals surface area contributed by atoms with Crippen LogP contribution in [0.2, 0.25) is 0 Å². The molecule has 1 fully saturated rings. The molecule has 5 rings (SSSR count). The van der Waals surface area contributed by atoms with Crippen LogP contribution in [-0.4, -0.2) is 57.8 Å². The zero-order chi connectivity index (χ0) is 32.8. The number of aryl methyl sites for hydroxylation is 1. The number of carbonyl (C=O) groups excluding carboxylic acids is 1. The molecule has 0 bridgehead atoms. The molecule has 2 heterocycles. The molecule has 1 aromatic heterocycles. The molecular formula is C33H35F3N6O3S. The van der Waals surface area contributed by atoms with E-state index in [2.05, 4.69) is 43.9 Å². The second kappa shape index (κ2) is 14.3. The van der Waals surface area contributed by atoms with Crippen LogP contribution in [0, 0.1) is 0 Å². The van der Waals surface area contributed by atoms with Crippen molar-refractivity contribution in [3.8, 4) is 28.6 Å². The van der Waals surface area contributed by atoms with Crippen LogP contribution in [0.1, 0.15) is 44.2 Å². The monoisotopic (exact) mass is 652 g/mol. The van der Waals surface area contributed by atoms with E-state index in [1.165, 1.54) is 35.3 Å². The molecule has 1 aliphatic heterocycles. The van der Waals surface area contributed by atoms with Crippen molar-refractivity contribution >= 4 is 28.6 Å². The SMILES string of the molecule is COc1ccc(N2CCS/C2=N/C(=O)NC(C)CCc2ccc(-c3ncn(-c4ccc(OC(F)(F)F)cc4)n3)cc2)c(C(C)C)c1. The molecule has 2 amide bonds. The molecule has 1 atom stereocenters. The largest absolute Gasteiger partial charge is 0.573 e. The van der Waals surface area contributed by atoms with Crippen molar-refractivity contribution < 1.29 is 27.4 Å². The van der Waals surface area contributed by atoms with Gasteiger partial charge in [0, 0.05) is 29.6 Å². The Balaban J connectivity index is 1.14. The van der Waals surface area contributed by atoms with Crippen molar-refractivity contribution in [2.75, 3.05) is 24.3 Å². The lowest BCUT2D eigenvalue weighted by molar-refractivity contribution is -0.274. The normalized spacial score (nSPS) is 15.0. The van der Waals surface area contributed by atoms with E-state index in [0.29, 0.717) is 16.7 Å². The van der Waals surface area contributed by atoms with Gasteiger partial charge < -0.3 is 19.7 Å². The smallest absolute Gasteiger partial charge is 0.497 e. The van der Waals surface area contributed by atoms with Gasteiger partial charge in [-0.05, 0) is 79.3 Å². The fourth-order valence-corrected chi connectivity index (χ4v) is 5.96. The highest BCUT2D eigenvalue weighted by molar-refractivity contribution is 8.14. The molecule has 0 saturated carbocycles. The lowest BCUT2D eigenvalue weighted by Crippen LogP contribution is -2.33. The molecule has 0 radical (unpaired) electrons. The number of urea groups is 1. The molecule has 9 nitrogen and oxygen atoms in total. The number of thioether (sulfide) groups is 1. The first-order valence-electron chi connectivity index (χ1n) is 14.8. The van der Waals surface area contributed by atoms with Crippen LogP contribution in [0.4, 0.5) is 23.7 Å². The summed E-state index contributed by atoms with van der Waals surface area (Å²) < 4.78 is 48.1. The minimum Gasteiger partial charge on any atom is -0.497 e. The molecule has 0 aliphatic carbocycles. The highest BCUT2D eigenvalue weighted by Crippen LogP contribution is 2.35. The Morgan fingerprint density at radius 2 is 1.76 bits per heavy atom. The van der Waals surface area contributed by atoms with Crippen LogP contribution in [0.5, 0.6) is 11.5 Å². The first-order chi connectivity index (χ1) is 22.0. The van der Waals surface area contributed by atoms with E-state index < -0.39 is 6.36 Å². The molecule has 1 aliphatic rings. The van der Waals surface area contributed by atoms with Gasteiger partial charge in [0.25, 0.3) is 0 Å². The average molecular weight is 653 g/mol. The van der Waals surface area contributed by atoms with E-state index in [1.807, 2.05) is 49.4 Å². The number of halogens is 3. The number of methoxy groups -OCH3 is 1. The minimum absolute atomic E-state index is 0.0890. The summed E-state index contributed by atoms with van der Waals surface area (Å²) in [6.45, 7) is 7.01. The van der Waals surface area contributed by atoms with E-state index in [1.54, 1.807) is 18.9 Å². The maximum atomic E-state index is 12.9. The fraction of sp³-hybridized carbons (Fsp3) is 0.333. The number of amidine groups is 1. The van der Waals surface area contributed by atoms with Crippen molar-refractivity contribution in [3.05, 3.63) is 84.2 Å². The highest BCUT2D eigenvalue weighted by atomic mass is 32.2. The van der Waals surface area contributed by atoms with Crippen molar-refractivity contribution in [1.29, 1.82) is 0 Å². The third kappa shape index (κ3) is 8.39. The molecule has 3 aromatic carbocycles. The van der Waals surface area contributed by atoms with Gasteiger partial charge in [0.05, 0.1) is 12.8 Å². The van der Waals surface area contributed by atoms with E-state index in [4.69, 9.17) is 4.74 Å². The lowest BCUT2D eigenvalue weighted by atomic mass is 10.00. The van der Waals surface area contributed by atoms with E-state index in [9.17, 15) is 18.0 Å². The van der Waals surface area contributed by atoms with Crippen LogP contribution in [-0.2, 0) is 6.42 Å². The summed E-state index contributed by atoms with van der Waals surface area (Å²) in [4.78, 5) is 23.7. The van der Waals surface area contributed by atoms with Crippen LogP contribution >= 0.6 is 11.8 Å². The van der Waals surface area contributed by atoms with Gasteiger partial charge >= 0.3 is 12.4 Å². The predicted molar refractivity (Wildman–Crippen MR) is 174 cm³/mol. The molecule has 1 N–H and O–H groups in total.